The van der Waals surface area contributed by atoms with Crippen molar-refractivity contribution in [2.24, 2.45) is 5.10 Å². The fourth-order valence-electron chi connectivity index (χ4n) is 2.22. The van der Waals surface area contributed by atoms with Gasteiger partial charge in [0.2, 0.25) is 4.77 Å². The lowest BCUT2D eigenvalue weighted by atomic mass is 10.2. The molecule has 7 heteroatoms. The Morgan fingerprint density at radius 3 is 2.77 bits per heavy atom. The normalized spacial score (nSPS) is 11.4. The number of aryl methyl sites for hydroxylation is 2. The van der Waals surface area contributed by atoms with Gasteiger partial charge >= 0.3 is 0 Å². The maximum Gasteiger partial charge on any atom is 0.216 e. The van der Waals surface area contributed by atoms with Gasteiger partial charge in [0.15, 0.2) is 5.82 Å². The Morgan fingerprint density at radius 1 is 1.32 bits per heavy atom. The largest absolute Gasteiger partial charge is 0.362 e. The zero-order valence-electron chi connectivity index (χ0n) is 12.1. The predicted molar refractivity (Wildman–Crippen MR) is 91.1 cm³/mol. The van der Waals surface area contributed by atoms with E-state index in [-0.39, 0.29) is 0 Å². The van der Waals surface area contributed by atoms with E-state index in [2.05, 4.69) is 20.3 Å². The topological polar surface area (TPSA) is 61.8 Å². The third kappa shape index (κ3) is 2.75. The molecule has 5 nitrogen and oxygen atoms in total. The SMILES string of the molecule is Cc1cc(/C=N/n2c(-c3ccccc3Cl)n[nH]c2=S)c(C)[nH]1. The predicted octanol–water partition coefficient (Wildman–Crippen LogP) is 4.09. The first-order valence-electron chi connectivity index (χ1n) is 6.69. The minimum Gasteiger partial charge on any atom is -0.362 e. The van der Waals surface area contributed by atoms with Crippen molar-refractivity contribution in [3.05, 3.63) is 57.1 Å². The van der Waals surface area contributed by atoms with Gasteiger partial charge in [-0.25, -0.2) is 5.10 Å². The van der Waals surface area contributed by atoms with Crippen LogP contribution in [0.15, 0.2) is 35.4 Å². The first-order valence-corrected chi connectivity index (χ1v) is 7.48. The molecule has 0 saturated carbocycles. The molecule has 0 aliphatic carbocycles. The maximum atomic E-state index is 6.23. The molecule has 2 N–H and O–H groups in total. The van der Waals surface area contributed by atoms with Crippen LogP contribution >= 0.6 is 23.8 Å². The van der Waals surface area contributed by atoms with E-state index in [1.54, 1.807) is 10.9 Å². The monoisotopic (exact) mass is 331 g/mol. The van der Waals surface area contributed by atoms with Gasteiger partial charge < -0.3 is 4.98 Å². The summed E-state index contributed by atoms with van der Waals surface area (Å²) in [5.74, 6) is 0.580. The zero-order valence-corrected chi connectivity index (χ0v) is 13.7. The average Bonchev–Trinajstić information content (AvgIpc) is 3.00. The molecule has 3 rings (SSSR count). The molecule has 2 heterocycles. The summed E-state index contributed by atoms with van der Waals surface area (Å²) >= 11 is 11.5. The summed E-state index contributed by atoms with van der Waals surface area (Å²) in [7, 11) is 0. The minimum atomic E-state index is 0.413. The Kier molecular flexibility index (Phi) is 3.96. The summed E-state index contributed by atoms with van der Waals surface area (Å²) in [6, 6.07) is 9.48. The number of aromatic amines is 2. The molecule has 0 aliphatic rings. The van der Waals surface area contributed by atoms with Crippen LogP contribution in [-0.4, -0.2) is 26.1 Å². The lowest BCUT2D eigenvalue weighted by Crippen LogP contribution is -1.95. The van der Waals surface area contributed by atoms with Gasteiger partial charge in [-0.2, -0.15) is 14.9 Å². The van der Waals surface area contributed by atoms with Gasteiger partial charge in [-0.1, -0.05) is 23.7 Å². The maximum absolute atomic E-state index is 6.23. The van der Waals surface area contributed by atoms with E-state index in [9.17, 15) is 0 Å². The first kappa shape index (κ1) is 14.7. The summed E-state index contributed by atoms with van der Waals surface area (Å²) in [5.41, 5.74) is 3.91. The Bertz CT molecular complexity index is 903. The Labute approximate surface area is 137 Å². The molecule has 0 radical (unpaired) electrons. The lowest BCUT2D eigenvalue weighted by molar-refractivity contribution is 0.871. The zero-order chi connectivity index (χ0) is 15.7. The summed E-state index contributed by atoms with van der Waals surface area (Å²) < 4.78 is 1.98. The van der Waals surface area contributed by atoms with Crippen LogP contribution in [0, 0.1) is 18.6 Å². The molecule has 3 aromatic rings. The highest BCUT2D eigenvalue weighted by Gasteiger charge is 2.11. The molecule has 22 heavy (non-hydrogen) atoms. The molecule has 0 bridgehead atoms. The van der Waals surface area contributed by atoms with E-state index >= 15 is 0 Å². The second-order valence-electron chi connectivity index (χ2n) is 4.92. The Balaban J connectivity index is 2.06. The van der Waals surface area contributed by atoms with Crippen LogP contribution in [0.5, 0.6) is 0 Å². The Morgan fingerprint density at radius 2 is 2.09 bits per heavy atom. The number of H-pyrrole nitrogens is 2. The molecular formula is C15H14ClN5S. The van der Waals surface area contributed by atoms with Crippen molar-refractivity contribution in [3.63, 3.8) is 0 Å². The first-order chi connectivity index (χ1) is 10.6. The van der Waals surface area contributed by atoms with Gasteiger partial charge in [-0.3, -0.25) is 0 Å². The number of rotatable bonds is 3. The van der Waals surface area contributed by atoms with Crippen molar-refractivity contribution in [2.75, 3.05) is 0 Å². The van der Waals surface area contributed by atoms with Crippen molar-refractivity contribution in [1.29, 1.82) is 0 Å². The van der Waals surface area contributed by atoms with Crippen LogP contribution in [0.25, 0.3) is 11.4 Å². The van der Waals surface area contributed by atoms with Gasteiger partial charge in [-0.15, -0.1) is 0 Å². The fourth-order valence-corrected chi connectivity index (χ4v) is 2.61. The number of nitrogens with one attached hydrogen (secondary N) is 2. The number of nitrogens with zero attached hydrogens (tertiary/aromatic N) is 3. The van der Waals surface area contributed by atoms with Gasteiger partial charge in [0.1, 0.15) is 0 Å². The number of benzene rings is 1. The number of halogens is 1. The van der Waals surface area contributed by atoms with E-state index in [0.717, 1.165) is 22.5 Å². The number of aromatic nitrogens is 4. The summed E-state index contributed by atoms with van der Waals surface area (Å²) in [4.78, 5) is 3.24. The highest BCUT2D eigenvalue weighted by Crippen LogP contribution is 2.25. The van der Waals surface area contributed by atoms with Gasteiger partial charge in [0.05, 0.1) is 11.2 Å². The second-order valence-corrected chi connectivity index (χ2v) is 5.72. The van der Waals surface area contributed by atoms with Crippen molar-refractivity contribution in [1.82, 2.24) is 19.9 Å². The van der Waals surface area contributed by atoms with Crippen LogP contribution in [0.2, 0.25) is 5.02 Å². The smallest absolute Gasteiger partial charge is 0.216 e. The van der Waals surface area contributed by atoms with Gasteiger partial charge in [0.25, 0.3) is 0 Å². The van der Waals surface area contributed by atoms with E-state index in [1.807, 2.05) is 44.2 Å². The minimum absolute atomic E-state index is 0.413. The van der Waals surface area contributed by atoms with E-state index in [0.29, 0.717) is 15.6 Å². The van der Waals surface area contributed by atoms with E-state index in [4.69, 9.17) is 23.8 Å². The van der Waals surface area contributed by atoms with E-state index in [1.165, 1.54) is 0 Å². The van der Waals surface area contributed by atoms with Crippen LogP contribution in [-0.2, 0) is 0 Å². The summed E-state index contributed by atoms with van der Waals surface area (Å²) in [5, 5.41) is 12.0. The number of hydrogen-bond acceptors (Lipinski definition) is 3. The molecular weight excluding hydrogens is 318 g/mol. The summed E-state index contributed by atoms with van der Waals surface area (Å²) in [6.07, 6.45) is 1.75. The summed E-state index contributed by atoms with van der Waals surface area (Å²) in [6.45, 7) is 4.00. The highest BCUT2D eigenvalue weighted by molar-refractivity contribution is 7.71. The average molecular weight is 332 g/mol. The third-order valence-electron chi connectivity index (χ3n) is 3.27. The van der Waals surface area contributed by atoms with Gasteiger partial charge in [0, 0.05) is 22.5 Å². The van der Waals surface area contributed by atoms with Crippen LogP contribution < -0.4 is 0 Å². The van der Waals surface area contributed by atoms with Crippen LogP contribution in [0.1, 0.15) is 17.0 Å². The quantitative estimate of drug-likeness (QED) is 0.561. The molecule has 1 aromatic carbocycles. The second kappa shape index (κ2) is 5.90. The van der Waals surface area contributed by atoms with E-state index < -0.39 is 0 Å². The molecule has 0 unspecified atom stereocenters. The standard InChI is InChI=1S/C15H14ClN5S/c1-9-7-11(10(2)18-9)8-17-21-14(19-20-15(21)22)12-5-3-4-6-13(12)16/h3-8,18H,1-2H3,(H,20,22)/b17-8+. The molecule has 0 spiro atoms. The molecule has 0 saturated heterocycles. The number of hydrogen-bond donors (Lipinski definition) is 2. The van der Waals surface area contributed by atoms with Crippen LogP contribution in [0.3, 0.4) is 0 Å². The molecule has 112 valence electrons. The molecule has 2 aromatic heterocycles. The third-order valence-corrected chi connectivity index (χ3v) is 3.86. The van der Waals surface area contributed by atoms with Crippen LogP contribution in [0.4, 0.5) is 0 Å². The highest BCUT2D eigenvalue weighted by atomic mass is 35.5. The van der Waals surface area contributed by atoms with Gasteiger partial charge in [-0.05, 0) is 44.3 Å². The van der Waals surface area contributed by atoms with Crippen molar-refractivity contribution < 1.29 is 0 Å². The van der Waals surface area contributed by atoms with Crippen molar-refractivity contribution in [3.8, 4) is 11.4 Å². The fraction of sp³-hybridized carbons (Fsp3) is 0.133. The Hall–Kier alpha value is -2.18. The molecule has 0 atom stereocenters. The van der Waals surface area contributed by atoms with Crippen molar-refractivity contribution in [2.45, 2.75) is 13.8 Å². The lowest BCUT2D eigenvalue weighted by Gasteiger charge is -2.02. The molecule has 0 aliphatic heterocycles. The van der Waals surface area contributed by atoms with Crippen molar-refractivity contribution >= 4 is 30.0 Å². The molecule has 0 amide bonds. The molecule has 0 fully saturated rings.